The highest BCUT2D eigenvalue weighted by molar-refractivity contribution is 7.17. The van der Waals surface area contributed by atoms with Crippen LogP contribution in [0.15, 0.2) is 18.2 Å². The molecule has 0 atom stereocenters. The zero-order valence-electron chi connectivity index (χ0n) is 17.2. The first kappa shape index (κ1) is 21.1. The first-order valence-electron chi connectivity index (χ1n) is 9.57. The van der Waals surface area contributed by atoms with Crippen molar-refractivity contribution >= 4 is 23.2 Å². The minimum absolute atomic E-state index is 0.146. The van der Waals surface area contributed by atoms with Crippen LogP contribution in [0.2, 0.25) is 0 Å². The van der Waals surface area contributed by atoms with Crippen LogP contribution in [-0.4, -0.2) is 55.7 Å². The number of hydrogen-bond acceptors (Lipinski definition) is 7. The summed E-state index contributed by atoms with van der Waals surface area (Å²) in [7, 11) is 3.14. The average Bonchev–Trinajstić information content (AvgIpc) is 3.13. The zero-order chi connectivity index (χ0) is 21.0. The van der Waals surface area contributed by atoms with Gasteiger partial charge in [0.25, 0.3) is 5.91 Å². The van der Waals surface area contributed by atoms with Crippen LogP contribution in [0.4, 0.5) is 0 Å². The molecule has 1 aliphatic heterocycles. The molecule has 0 spiro atoms. The Hall–Kier alpha value is -2.61. The standard InChI is InChI=1S/C21H26N2O5S/c1-13-7-9-23(10-8-13)18(24)12-28-21(25)19-14(2)22-20(29-19)15-5-6-16(26-3)17(11-15)27-4/h5-6,11,13H,7-10,12H2,1-4H3. The van der Waals surface area contributed by atoms with Crippen molar-refractivity contribution in [3.63, 3.8) is 0 Å². The molecule has 3 rings (SSSR count). The van der Waals surface area contributed by atoms with Gasteiger partial charge in [-0.3, -0.25) is 4.79 Å². The molecule has 1 aliphatic rings. The predicted molar refractivity (Wildman–Crippen MR) is 111 cm³/mol. The van der Waals surface area contributed by atoms with E-state index in [-0.39, 0.29) is 12.5 Å². The Labute approximate surface area is 174 Å². The number of carbonyl (C=O) groups is 2. The van der Waals surface area contributed by atoms with E-state index < -0.39 is 5.97 Å². The van der Waals surface area contributed by atoms with Crippen LogP contribution >= 0.6 is 11.3 Å². The van der Waals surface area contributed by atoms with E-state index in [1.54, 1.807) is 32.1 Å². The quantitative estimate of drug-likeness (QED) is 0.668. The van der Waals surface area contributed by atoms with E-state index >= 15 is 0 Å². The first-order valence-corrected chi connectivity index (χ1v) is 10.4. The molecule has 2 heterocycles. The summed E-state index contributed by atoms with van der Waals surface area (Å²) in [6.07, 6.45) is 1.98. The summed E-state index contributed by atoms with van der Waals surface area (Å²) >= 11 is 1.23. The Bertz CT molecular complexity index is 887. The largest absolute Gasteiger partial charge is 0.493 e. The summed E-state index contributed by atoms with van der Waals surface area (Å²) in [6, 6.07) is 5.46. The molecule has 0 bridgehead atoms. The van der Waals surface area contributed by atoms with E-state index in [2.05, 4.69) is 11.9 Å². The van der Waals surface area contributed by atoms with Gasteiger partial charge in [0.05, 0.1) is 19.9 Å². The Morgan fingerprint density at radius 3 is 2.52 bits per heavy atom. The third kappa shape index (κ3) is 4.87. The molecule has 8 heteroatoms. The molecular weight excluding hydrogens is 392 g/mol. The molecule has 156 valence electrons. The highest BCUT2D eigenvalue weighted by Gasteiger charge is 2.23. The van der Waals surface area contributed by atoms with Crippen molar-refractivity contribution in [3.8, 4) is 22.1 Å². The van der Waals surface area contributed by atoms with Gasteiger partial charge in [0.1, 0.15) is 9.88 Å². The lowest BCUT2D eigenvalue weighted by molar-refractivity contribution is -0.135. The molecule has 0 saturated carbocycles. The van der Waals surface area contributed by atoms with Crippen molar-refractivity contribution in [2.45, 2.75) is 26.7 Å². The number of methoxy groups -OCH3 is 2. The number of hydrogen-bond donors (Lipinski definition) is 0. The number of piperidine rings is 1. The molecule has 0 unspecified atom stereocenters. The summed E-state index contributed by atoms with van der Waals surface area (Å²) in [5.74, 6) is 1.17. The lowest BCUT2D eigenvalue weighted by atomic mass is 9.99. The summed E-state index contributed by atoms with van der Waals surface area (Å²) in [5, 5.41) is 0.673. The van der Waals surface area contributed by atoms with Crippen LogP contribution in [0.1, 0.15) is 35.1 Å². The molecule has 0 aliphatic carbocycles. The van der Waals surface area contributed by atoms with Gasteiger partial charge in [-0.15, -0.1) is 11.3 Å². The van der Waals surface area contributed by atoms with Gasteiger partial charge in [0.15, 0.2) is 18.1 Å². The van der Waals surface area contributed by atoms with Crippen molar-refractivity contribution in [2.75, 3.05) is 33.9 Å². The Morgan fingerprint density at radius 1 is 1.17 bits per heavy atom. The van der Waals surface area contributed by atoms with E-state index in [0.717, 1.165) is 31.5 Å². The Balaban J connectivity index is 1.66. The second-order valence-corrected chi connectivity index (χ2v) is 8.14. The molecule has 1 fully saturated rings. The molecule has 1 amide bonds. The van der Waals surface area contributed by atoms with E-state index in [9.17, 15) is 9.59 Å². The second-order valence-electron chi connectivity index (χ2n) is 7.14. The fourth-order valence-electron chi connectivity index (χ4n) is 3.22. The fourth-order valence-corrected chi connectivity index (χ4v) is 4.18. The number of ether oxygens (including phenoxy) is 3. The zero-order valence-corrected chi connectivity index (χ0v) is 18.0. The summed E-state index contributed by atoms with van der Waals surface area (Å²) in [5.41, 5.74) is 1.39. The molecule has 1 aromatic heterocycles. The third-order valence-corrected chi connectivity index (χ3v) is 6.26. The predicted octanol–water partition coefficient (Wildman–Crippen LogP) is 3.55. The van der Waals surface area contributed by atoms with Gasteiger partial charge in [-0.25, -0.2) is 9.78 Å². The third-order valence-electron chi connectivity index (χ3n) is 5.08. The minimum atomic E-state index is -0.523. The number of carbonyl (C=O) groups excluding carboxylic acids is 2. The second kappa shape index (κ2) is 9.26. The Kier molecular flexibility index (Phi) is 6.74. The van der Waals surface area contributed by atoms with Crippen molar-refractivity contribution in [2.24, 2.45) is 5.92 Å². The smallest absolute Gasteiger partial charge is 0.350 e. The monoisotopic (exact) mass is 418 g/mol. The molecule has 2 aromatic rings. The number of rotatable bonds is 6. The van der Waals surface area contributed by atoms with Gasteiger partial charge in [0.2, 0.25) is 0 Å². The molecule has 0 N–H and O–H groups in total. The number of benzene rings is 1. The number of esters is 1. The lowest BCUT2D eigenvalue weighted by Gasteiger charge is -2.30. The number of thiazole rings is 1. The van der Waals surface area contributed by atoms with Gasteiger partial charge in [0, 0.05) is 18.7 Å². The minimum Gasteiger partial charge on any atom is -0.493 e. The SMILES string of the molecule is COc1ccc(-c2nc(C)c(C(=O)OCC(=O)N3CCC(C)CC3)s2)cc1OC. The van der Waals surface area contributed by atoms with Gasteiger partial charge in [-0.2, -0.15) is 0 Å². The van der Waals surface area contributed by atoms with Gasteiger partial charge >= 0.3 is 5.97 Å². The summed E-state index contributed by atoms with van der Waals surface area (Å²) < 4.78 is 15.9. The van der Waals surface area contributed by atoms with Gasteiger partial charge in [-0.1, -0.05) is 6.92 Å². The van der Waals surface area contributed by atoms with Crippen LogP contribution < -0.4 is 9.47 Å². The van der Waals surface area contributed by atoms with E-state index in [4.69, 9.17) is 14.2 Å². The topological polar surface area (TPSA) is 78.0 Å². The number of likely N-dealkylation sites (tertiary alicyclic amines) is 1. The molecule has 29 heavy (non-hydrogen) atoms. The van der Waals surface area contributed by atoms with E-state index in [1.165, 1.54) is 11.3 Å². The maximum Gasteiger partial charge on any atom is 0.350 e. The van der Waals surface area contributed by atoms with Gasteiger partial charge in [-0.05, 0) is 43.9 Å². The van der Waals surface area contributed by atoms with E-state index in [0.29, 0.717) is 33.0 Å². The van der Waals surface area contributed by atoms with Crippen molar-refractivity contribution in [1.82, 2.24) is 9.88 Å². The van der Waals surface area contributed by atoms with Crippen LogP contribution in [-0.2, 0) is 9.53 Å². The van der Waals surface area contributed by atoms with Crippen molar-refractivity contribution in [3.05, 3.63) is 28.8 Å². The van der Waals surface area contributed by atoms with Crippen molar-refractivity contribution < 1.29 is 23.8 Å². The van der Waals surface area contributed by atoms with Crippen LogP contribution in [0.3, 0.4) is 0 Å². The van der Waals surface area contributed by atoms with Crippen LogP contribution in [0, 0.1) is 12.8 Å². The summed E-state index contributed by atoms with van der Waals surface area (Å²) in [6.45, 7) is 5.15. The summed E-state index contributed by atoms with van der Waals surface area (Å²) in [4.78, 5) is 31.4. The highest BCUT2D eigenvalue weighted by Crippen LogP contribution is 2.35. The molecular formula is C21H26N2O5S. The number of amides is 1. The van der Waals surface area contributed by atoms with Crippen molar-refractivity contribution in [1.29, 1.82) is 0 Å². The molecule has 1 aromatic carbocycles. The maximum absolute atomic E-state index is 12.5. The Morgan fingerprint density at radius 2 is 1.86 bits per heavy atom. The van der Waals surface area contributed by atoms with Crippen LogP contribution in [0.5, 0.6) is 11.5 Å². The molecule has 1 saturated heterocycles. The van der Waals surface area contributed by atoms with E-state index in [1.807, 2.05) is 12.1 Å². The number of aromatic nitrogens is 1. The lowest BCUT2D eigenvalue weighted by Crippen LogP contribution is -2.40. The highest BCUT2D eigenvalue weighted by atomic mass is 32.1. The number of aryl methyl sites for hydroxylation is 1. The average molecular weight is 419 g/mol. The van der Waals surface area contributed by atoms with Crippen LogP contribution in [0.25, 0.3) is 10.6 Å². The molecule has 0 radical (unpaired) electrons. The maximum atomic E-state index is 12.5. The first-order chi connectivity index (χ1) is 13.9. The van der Waals surface area contributed by atoms with Gasteiger partial charge < -0.3 is 19.1 Å². The normalized spacial score (nSPS) is 14.6. The molecule has 7 nitrogen and oxygen atoms in total. The fraction of sp³-hybridized carbons (Fsp3) is 0.476. The number of nitrogens with zero attached hydrogens (tertiary/aromatic N) is 2.